The van der Waals surface area contributed by atoms with E-state index in [1.54, 1.807) is 0 Å². The average Bonchev–Trinajstić information content (AvgIpc) is 2.91. The highest BCUT2D eigenvalue weighted by atomic mass is 14.9. The second-order valence-corrected chi connectivity index (χ2v) is 5.40. The van der Waals surface area contributed by atoms with E-state index in [0.29, 0.717) is 0 Å². The lowest BCUT2D eigenvalue weighted by Gasteiger charge is -2.13. The fourth-order valence-corrected chi connectivity index (χ4v) is 2.83. The standard InChI is InChI=1S/C16H21N3/c1-12-10-16(14-4-2-3-5-15(14)19-12)18-9-7-13-6-8-17-11-13/h2-5,10,13,17H,6-9,11H2,1H3,(H,18,19). The van der Waals surface area contributed by atoms with Crippen LogP contribution in [0.25, 0.3) is 10.9 Å². The normalized spacial score (nSPS) is 18.9. The maximum atomic E-state index is 4.57. The molecule has 100 valence electrons. The number of fused-ring (bicyclic) bond motifs is 1. The van der Waals surface area contributed by atoms with Crippen LogP contribution in [-0.2, 0) is 0 Å². The molecule has 2 aromatic rings. The third-order valence-electron chi connectivity index (χ3n) is 3.87. The van der Waals surface area contributed by atoms with Gasteiger partial charge in [0.2, 0.25) is 0 Å². The highest BCUT2D eigenvalue weighted by molar-refractivity contribution is 5.91. The molecule has 1 saturated heterocycles. The van der Waals surface area contributed by atoms with Crippen molar-refractivity contribution in [1.82, 2.24) is 10.3 Å². The summed E-state index contributed by atoms with van der Waals surface area (Å²) in [5.74, 6) is 0.835. The number of aromatic nitrogens is 1. The Morgan fingerprint density at radius 1 is 1.37 bits per heavy atom. The van der Waals surface area contributed by atoms with E-state index >= 15 is 0 Å². The monoisotopic (exact) mass is 255 g/mol. The number of rotatable bonds is 4. The first kappa shape index (κ1) is 12.4. The molecule has 0 aliphatic carbocycles. The smallest absolute Gasteiger partial charge is 0.0725 e. The summed E-state index contributed by atoms with van der Waals surface area (Å²) in [7, 11) is 0. The number of aryl methyl sites for hydroxylation is 1. The van der Waals surface area contributed by atoms with Gasteiger partial charge in [-0.2, -0.15) is 0 Å². The summed E-state index contributed by atoms with van der Waals surface area (Å²) in [6.07, 6.45) is 2.56. The topological polar surface area (TPSA) is 37.0 Å². The lowest BCUT2D eigenvalue weighted by atomic mass is 10.1. The number of pyridine rings is 1. The minimum absolute atomic E-state index is 0.835. The molecule has 0 bridgehead atoms. The number of hydrogen-bond acceptors (Lipinski definition) is 3. The molecule has 3 nitrogen and oxygen atoms in total. The Bertz CT molecular complexity index is 559. The predicted octanol–water partition coefficient (Wildman–Crippen LogP) is 2.95. The third kappa shape index (κ3) is 2.87. The van der Waals surface area contributed by atoms with Crippen LogP contribution in [0.2, 0.25) is 0 Å². The molecule has 0 spiro atoms. The van der Waals surface area contributed by atoms with Gasteiger partial charge >= 0.3 is 0 Å². The number of para-hydroxylation sites is 1. The van der Waals surface area contributed by atoms with Gasteiger partial charge in [-0.05, 0) is 50.9 Å². The van der Waals surface area contributed by atoms with E-state index in [2.05, 4.69) is 46.8 Å². The molecule has 1 aromatic heterocycles. The van der Waals surface area contributed by atoms with E-state index in [1.165, 1.54) is 37.0 Å². The molecular formula is C16H21N3. The summed E-state index contributed by atoms with van der Waals surface area (Å²) in [6.45, 7) is 5.46. The Morgan fingerprint density at radius 2 is 2.26 bits per heavy atom. The van der Waals surface area contributed by atoms with Crippen molar-refractivity contribution in [2.75, 3.05) is 25.0 Å². The molecule has 2 N–H and O–H groups in total. The fraction of sp³-hybridized carbons (Fsp3) is 0.438. The summed E-state index contributed by atoms with van der Waals surface area (Å²) in [5, 5.41) is 8.23. The van der Waals surface area contributed by atoms with Crippen molar-refractivity contribution in [2.24, 2.45) is 5.92 Å². The lowest BCUT2D eigenvalue weighted by Crippen LogP contribution is -2.13. The Hall–Kier alpha value is -1.61. The molecule has 1 unspecified atom stereocenters. The van der Waals surface area contributed by atoms with Crippen LogP contribution in [0.3, 0.4) is 0 Å². The second-order valence-electron chi connectivity index (χ2n) is 5.40. The molecule has 0 saturated carbocycles. The van der Waals surface area contributed by atoms with Gasteiger partial charge in [0.25, 0.3) is 0 Å². The van der Waals surface area contributed by atoms with Crippen molar-refractivity contribution in [1.29, 1.82) is 0 Å². The minimum Gasteiger partial charge on any atom is -0.384 e. The van der Waals surface area contributed by atoms with Gasteiger partial charge in [-0.1, -0.05) is 18.2 Å². The molecule has 1 atom stereocenters. The van der Waals surface area contributed by atoms with E-state index in [9.17, 15) is 0 Å². The average molecular weight is 255 g/mol. The van der Waals surface area contributed by atoms with Crippen LogP contribution in [0.15, 0.2) is 30.3 Å². The highest BCUT2D eigenvalue weighted by Gasteiger charge is 2.13. The maximum absolute atomic E-state index is 4.57. The molecule has 3 heteroatoms. The molecule has 2 heterocycles. The van der Waals surface area contributed by atoms with Gasteiger partial charge in [-0.15, -0.1) is 0 Å². The highest BCUT2D eigenvalue weighted by Crippen LogP contribution is 2.23. The van der Waals surface area contributed by atoms with Gasteiger partial charge in [0.1, 0.15) is 0 Å². The molecule has 1 aliphatic rings. The summed E-state index contributed by atoms with van der Waals surface area (Å²) in [6, 6.07) is 10.5. The largest absolute Gasteiger partial charge is 0.384 e. The van der Waals surface area contributed by atoms with Gasteiger partial charge < -0.3 is 10.6 Å². The van der Waals surface area contributed by atoms with Crippen molar-refractivity contribution in [2.45, 2.75) is 19.8 Å². The molecule has 0 amide bonds. The third-order valence-corrected chi connectivity index (χ3v) is 3.87. The summed E-state index contributed by atoms with van der Waals surface area (Å²) < 4.78 is 0. The Labute approximate surface area is 114 Å². The summed E-state index contributed by atoms with van der Waals surface area (Å²) in [4.78, 5) is 4.57. The minimum atomic E-state index is 0.835. The molecule has 1 fully saturated rings. The summed E-state index contributed by atoms with van der Waals surface area (Å²) in [5.41, 5.74) is 3.37. The molecule has 19 heavy (non-hydrogen) atoms. The SMILES string of the molecule is Cc1cc(NCCC2CCNC2)c2ccccc2n1. The van der Waals surface area contributed by atoms with Crippen LogP contribution >= 0.6 is 0 Å². The van der Waals surface area contributed by atoms with Gasteiger partial charge in [-0.25, -0.2) is 0 Å². The van der Waals surface area contributed by atoms with E-state index in [4.69, 9.17) is 0 Å². The second kappa shape index (κ2) is 5.57. The number of hydrogen-bond donors (Lipinski definition) is 2. The van der Waals surface area contributed by atoms with Gasteiger partial charge in [0.15, 0.2) is 0 Å². The first-order valence-electron chi connectivity index (χ1n) is 7.14. The number of anilines is 1. The number of nitrogens with zero attached hydrogens (tertiary/aromatic N) is 1. The van der Waals surface area contributed by atoms with E-state index < -0.39 is 0 Å². The van der Waals surface area contributed by atoms with Crippen LogP contribution in [0, 0.1) is 12.8 Å². The Morgan fingerprint density at radius 3 is 3.11 bits per heavy atom. The lowest BCUT2D eigenvalue weighted by molar-refractivity contribution is 0.549. The summed E-state index contributed by atoms with van der Waals surface area (Å²) >= 11 is 0. The molecule has 3 rings (SSSR count). The maximum Gasteiger partial charge on any atom is 0.0725 e. The number of nitrogens with one attached hydrogen (secondary N) is 2. The van der Waals surface area contributed by atoms with Gasteiger partial charge in [0.05, 0.1) is 5.52 Å². The Kier molecular flexibility index (Phi) is 3.65. The van der Waals surface area contributed by atoms with Crippen molar-refractivity contribution in [3.63, 3.8) is 0 Å². The van der Waals surface area contributed by atoms with Crippen LogP contribution < -0.4 is 10.6 Å². The van der Waals surface area contributed by atoms with Crippen molar-refractivity contribution in [3.05, 3.63) is 36.0 Å². The molecule has 0 radical (unpaired) electrons. The van der Waals surface area contributed by atoms with Crippen molar-refractivity contribution < 1.29 is 0 Å². The molecular weight excluding hydrogens is 234 g/mol. The first-order valence-corrected chi connectivity index (χ1v) is 7.14. The van der Waals surface area contributed by atoms with Crippen molar-refractivity contribution >= 4 is 16.6 Å². The molecule has 1 aliphatic heterocycles. The number of benzene rings is 1. The van der Waals surface area contributed by atoms with Gasteiger partial charge in [0, 0.05) is 23.3 Å². The fourth-order valence-electron chi connectivity index (χ4n) is 2.83. The predicted molar refractivity (Wildman–Crippen MR) is 80.6 cm³/mol. The van der Waals surface area contributed by atoms with Crippen LogP contribution in [0.4, 0.5) is 5.69 Å². The zero-order chi connectivity index (χ0) is 13.1. The van der Waals surface area contributed by atoms with E-state index in [1.807, 2.05) is 6.07 Å². The zero-order valence-corrected chi connectivity index (χ0v) is 11.4. The van der Waals surface area contributed by atoms with Crippen molar-refractivity contribution in [3.8, 4) is 0 Å². The van der Waals surface area contributed by atoms with E-state index in [0.717, 1.165) is 23.7 Å². The van der Waals surface area contributed by atoms with Gasteiger partial charge in [-0.3, -0.25) is 4.98 Å². The zero-order valence-electron chi connectivity index (χ0n) is 11.4. The van der Waals surface area contributed by atoms with Crippen LogP contribution in [0.1, 0.15) is 18.5 Å². The first-order chi connectivity index (χ1) is 9.33. The quantitative estimate of drug-likeness (QED) is 0.882. The van der Waals surface area contributed by atoms with Crippen LogP contribution in [-0.4, -0.2) is 24.6 Å². The Balaban J connectivity index is 1.72. The van der Waals surface area contributed by atoms with E-state index in [-0.39, 0.29) is 0 Å². The van der Waals surface area contributed by atoms with Crippen LogP contribution in [0.5, 0.6) is 0 Å². The molecule has 1 aromatic carbocycles.